The van der Waals surface area contributed by atoms with Crippen LogP contribution >= 0.6 is 11.8 Å². The number of ketones is 1. The summed E-state index contributed by atoms with van der Waals surface area (Å²) >= 11 is 1.24. The Bertz CT molecular complexity index is 504. The SMILES string of the molecule is CCCCCC/C(=C\C(=O)C(F)(F)F)Sc1ccc(C)cc1. The molecule has 0 saturated heterocycles. The molecule has 1 rings (SSSR count). The minimum atomic E-state index is -4.80. The molecule has 1 aromatic rings. The van der Waals surface area contributed by atoms with E-state index in [-0.39, 0.29) is 0 Å². The summed E-state index contributed by atoms with van der Waals surface area (Å²) in [6.45, 7) is 4.02. The molecule has 122 valence electrons. The lowest BCUT2D eigenvalue weighted by Crippen LogP contribution is -2.20. The summed E-state index contributed by atoms with van der Waals surface area (Å²) in [4.78, 5) is 12.5. The minimum absolute atomic E-state index is 0.474. The Hall–Kier alpha value is -1.23. The maximum Gasteiger partial charge on any atom is 0.454 e. The van der Waals surface area contributed by atoms with Gasteiger partial charge in [-0.25, -0.2) is 0 Å². The summed E-state index contributed by atoms with van der Waals surface area (Å²) in [6.07, 6.45) is 0.312. The molecule has 0 radical (unpaired) electrons. The molecule has 0 aliphatic heterocycles. The first-order chi connectivity index (χ1) is 10.3. The number of thioether (sulfide) groups is 1. The second-order valence-electron chi connectivity index (χ2n) is 5.20. The summed E-state index contributed by atoms with van der Waals surface area (Å²) in [5.41, 5.74) is 1.09. The van der Waals surface area contributed by atoms with E-state index in [0.29, 0.717) is 11.3 Å². The number of benzene rings is 1. The highest BCUT2D eigenvalue weighted by Crippen LogP contribution is 2.32. The Morgan fingerprint density at radius 1 is 1.14 bits per heavy atom. The monoisotopic (exact) mass is 330 g/mol. The van der Waals surface area contributed by atoms with E-state index in [1.807, 2.05) is 31.2 Å². The third-order valence-corrected chi connectivity index (χ3v) is 4.21. The van der Waals surface area contributed by atoms with Gasteiger partial charge in [-0.3, -0.25) is 4.79 Å². The molecule has 1 nitrogen and oxygen atoms in total. The van der Waals surface area contributed by atoms with Gasteiger partial charge in [-0.15, -0.1) is 0 Å². The van der Waals surface area contributed by atoms with E-state index in [9.17, 15) is 18.0 Å². The second-order valence-corrected chi connectivity index (χ2v) is 6.40. The zero-order chi connectivity index (χ0) is 16.6. The second kappa shape index (κ2) is 9.03. The van der Waals surface area contributed by atoms with Gasteiger partial charge in [0.2, 0.25) is 0 Å². The Morgan fingerprint density at radius 3 is 2.32 bits per heavy atom. The molecule has 0 aliphatic carbocycles. The van der Waals surface area contributed by atoms with Gasteiger partial charge in [-0.2, -0.15) is 13.2 Å². The van der Waals surface area contributed by atoms with Crippen molar-refractivity contribution in [3.05, 3.63) is 40.8 Å². The van der Waals surface area contributed by atoms with Crippen molar-refractivity contribution in [1.29, 1.82) is 0 Å². The van der Waals surface area contributed by atoms with Crippen LogP contribution in [-0.2, 0) is 4.79 Å². The van der Waals surface area contributed by atoms with Gasteiger partial charge in [0.05, 0.1) is 0 Å². The number of rotatable bonds is 8. The van der Waals surface area contributed by atoms with Gasteiger partial charge >= 0.3 is 6.18 Å². The Labute approximate surface area is 134 Å². The molecule has 0 bridgehead atoms. The molecule has 0 amide bonds. The molecule has 0 aromatic heterocycles. The highest BCUT2D eigenvalue weighted by Gasteiger charge is 2.36. The van der Waals surface area contributed by atoms with Crippen LogP contribution in [0.25, 0.3) is 0 Å². The smallest absolute Gasteiger partial charge is 0.285 e. The lowest BCUT2D eigenvalue weighted by molar-refractivity contribution is -0.165. The summed E-state index contributed by atoms with van der Waals surface area (Å²) in [7, 11) is 0. The molecular formula is C17H21F3OS. The maximum atomic E-state index is 12.4. The topological polar surface area (TPSA) is 17.1 Å². The average Bonchev–Trinajstić information content (AvgIpc) is 2.44. The number of aryl methyl sites for hydroxylation is 1. The Balaban J connectivity index is 2.79. The van der Waals surface area contributed by atoms with E-state index in [2.05, 4.69) is 6.92 Å². The molecule has 0 spiro atoms. The van der Waals surface area contributed by atoms with Crippen molar-refractivity contribution >= 4 is 17.5 Å². The van der Waals surface area contributed by atoms with Gasteiger partial charge in [-0.1, -0.05) is 55.6 Å². The van der Waals surface area contributed by atoms with E-state index in [0.717, 1.165) is 42.2 Å². The van der Waals surface area contributed by atoms with Gasteiger partial charge in [0.15, 0.2) is 0 Å². The Morgan fingerprint density at radius 2 is 1.77 bits per heavy atom. The number of alkyl halides is 3. The first kappa shape index (κ1) is 18.8. The Kier molecular flexibility index (Phi) is 7.73. The van der Waals surface area contributed by atoms with Crippen LogP contribution in [0, 0.1) is 6.92 Å². The third-order valence-electron chi connectivity index (χ3n) is 3.12. The van der Waals surface area contributed by atoms with Crippen molar-refractivity contribution in [3.63, 3.8) is 0 Å². The van der Waals surface area contributed by atoms with Crippen LogP contribution in [0.1, 0.15) is 44.6 Å². The van der Waals surface area contributed by atoms with Crippen molar-refractivity contribution in [3.8, 4) is 0 Å². The van der Waals surface area contributed by atoms with Crippen molar-refractivity contribution in [2.75, 3.05) is 0 Å². The number of carbonyl (C=O) groups excluding carboxylic acids is 1. The number of halogens is 3. The molecule has 1 aromatic carbocycles. The summed E-state index contributed by atoms with van der Waals surface area (Å²) in [5, 5.41) is 0. The van der Waals surface area contributed by atoms with Crippen LogP contribution in [0.2, 0.25) is 0 Å². The van der Waals surface area contributed by atoms with Crippen LogP contribution in [0.4, 0.5) is 13.2 Å². The number of unbranched alkanes of at least 4 members (excludes halogenated alkanes) is 3. The number of hydrogen-bond donors (Lipinski definition) is 0. The fourth-order valence-corrected chi connectivity index (χ4v) is 2.85. The van der Waals surface area contributed by atoms with Crippen molar-refractivity contribution in [2.45, 2.75) is 57.0 Å². The molecule has 0 heterocycles. The van der Waals surface area contributed by atoms with Crippen LogP contribution in [-0.4, -0.2) is 12.0 Å². The maximum absolute atomic E-state index is 12.4. The molecule has 0 atom stereocenters. The van der Waals surface area contributed by atoms with E-state index in [1.165, 1.54) is 11.8 Å². The minimum Gasteiger partial charge on any atom is -0.285 e. The van der Waals surface area contributed by atoms with Crippen LogP contribution in [0.3, 0.4) is 0 Å². The zero-order valence-corrected chi connectivity index (χ0v) is 13.7. The van der Waals surface area contributed by atoms with Crippen molar-refractivity contribution < 1.29 is 18.0 Å². The highest BCUT2D eigenvalue weighted by atomic mass is 32.2. The van der Waals surface area contributed by atoms with Gasteiger partial charge in [0.1, 0.15) is 0 Å². The molecule has 5 heteroatoms. The normalized spacial score (nSPS) is 12.5. The number of allylic oxidation sites excluding steroid dienone is 2. The molecular weight excluding hydrogens is 309 g/mol. The van der Waals surface area contributed by atoms with Gasteiger partial charge in [-0.05, 0) is 36.8 Å². The molecule has 0 N–H and O–H groups in total. The number of carbonyl (C=O) groups is 1. The summed E-state index contributed by atoms with van der Waals surface area (Å²) in [6, 6.07) is 7.53. The van der Waals surface area contributed by atoms with Crippen molar-refractivity contribution in [2.24, 2.45) is 0 Å². The van der Waals surface area contributed by atoms with E-state index in [1.54, 1.807) is 0 Å². The lowest BCUT2D eigenvalue weighted by Gasteiger charge is -2.09. The zero-order valence-electron chi connectivity index (χ0n) is 12.9. The van der Waals surface area contributed by atoms with Crippen molar-refractivity contribution in [1.82, 2.24) is 0 Å². The largest absolute Gasteiger partial charge is 0.454 e. The lowest BCUT2D eigenvalue weighted by atomic mass is 10.1. The first-order valence-corrected chi connectivity index (χ1v) is 8.21. The standard InChI is InChI=1S/C17H21F3OS/c1-3-4-5-6-7-15(12-16(21)17(18,19)20)22-14-10-8-13(2)9-11-14/h8-12H,3-7H2,1-2H3/b15-12+. The predicted molar refractivity (Wildman–Crippen MR) is 84.9 cm³/mol. The van der Waals surface area contributed by atoms with Crippen LogP contribution < -0.4 is 0 Å². The molecule has 0 fully saturated rings. The molecule has 0 unspecified atom stereocenters. The fraction of sp³-hybridized carbons (Fsp3) is 0.471. The average molecular weight is 330 g/mol. The quantitative estimate of drug-likeness (QED) is 0.327. The highest BCUT2D eigenvalue weighted by molar-refractivity contribution is 8.03. The number of hydrogen-bond acceptors (Lipinski definition) is 2. The van der Waals surface area contributed by atoms with Gasteiger partial charge in [0, 0.05) is 11.0 Å². The van der Waals surface area contributed by atoms with Crippen LogP contribution in [0.15, 0.2) is 40.1 Å². The van der Waals surface area contributed by atoms with Crippen LogP contribution in [0.5, 0.6) is 0 Å². The predicted octanol–water partition coefficient (Wildman–Crippen LogP) is 6.07. The molecule has 0 saturated carbocycles. The van der Waals surface area contributed by atoms with Gasteiger partial charge < -0.3 is 0 Å². The summed E-state index contributed by atoms with van der Waals surface area (Å²) < 4.78 is 37.3. The summed E-state index contributed by atoms with van der Waals surface area (Å²) in [5.74, 6) is -1.78. The van der Waals surface area contributed by atoms with E-state index < -0.39 is 12.0 Å². The van der Waals surface area contributed by atoms with E-state index >= 15 is 0 Å². The third kappa shape index (κ3) is 7.16. The molecule has 22 heavy (non-hydrogen) atoms. The van der Waals surface area contributed by atoms with E-state index in [4.69, 9.17) is 0 Å². The molecule has 0 aliphatic rings. The first-order valence-electron chi connectivity index (χ1n) is 7.39. The fourth-order valence-electron chi connectivity index (χ4n) is 1.86. The van der Waals surface area contributed by atoms with Gasteiger partial charge in [0.25, 0.3) is 5.78 Å².